The van der Waals surface area contributed by atoms with E-state index in [-0.39, 0.29) is 109 Å². The average molecular weight is 1340 g/mol. The summed E-state index contributed by atoms with van der Waals surface area (Å²) >= 11 is 0. The lowest BCUT2D eigenvalue weighted by atomic mass is 10.1. The van der Waals surface area contributed by atoms with E-state index >= 15 is 0 Å². The molecule has 3 amide bonds. The first-order chi connectivity index (χ1) is 46.1. The van der Waals surface area contributed by atoms with Crippen LogP contribution in [0.3, 0.4) is 0 Å². The fourth-order valence-electron chi connectivity index (χ4n) is 10.2. The van der Waals surface area contributed by atoms with Crippen molar-refractivity contribution in [3.63, 3.8) is 0 Å². The first-order valence-electron chi connectivity index (χ1n) is 31.0. The topological polar surface area (TPSA) is 310 Å². The largest absolute Gasteiger partial charge is 0.497 e. The van der Waals surface area contributed by atoms with Gasteiger partial charge in [-0.25, -0.2) is 34.4 Å². The number of esters is 2. The number of aromatic nitrogens is 2. The van der Waals surface area contributed by atoms with E-state index in [0.717, 1.165) is 38.8 Å². The van der Waals surface area contributed by atoms with Crippen molar-refractivity contribution >= 4 is 35.6 Å². The number of carbonyl (C=O) groups excluding carboxylic acids is 5. The number of methoxy groups -OCH3 is 4. The molecule has 0 radical (unpaired) electrons. The summed E-state index contributed by atoms with van der Waals surface area (Å²) in [7, 11) is 6.39. The van der Waals surface area contributed by atoms with E-state index in [1.165, 1.54) is 39.0 Å². The van der Waals surface area contributed by atoms with Crippen molar-refractivity contribution in [1.82, 2.24) is 34.8 Å². The molecule has 10 rings (SSSR count). The molecule has 4 N–H and O–H groups in total. The number of carboxylic acid groups (broad SMARTS) is 1. The fraction of sp³-hybridized carbons (Fsp3) is 0.371. The molecule has 27 nitrogen and oxygen atoms in total. The molecule has 4 aliphatic heterocycles. The van der Waals surface area contributed by atoms with Gasteiger partial charge in [0.05, 0.1) is 94.8 Å². The van der Waals surface area contributed by atoms with Crippen LogP contribution in [0.15, 0.2) is 154 Å². The number of fused-ring (bicyclic) bond motifs is 2. The maximum atomic E-state index is 13.6. The zero-order chi connectivity index (χ0) is 70.5. The van der Waals surface area contributed by atoms with Crippen molar-refractivity contribution < 1.29 is 81.4 Å². The number of aliphatic carboxylic acids is 1. The Labute approximate surface area is 560 Å². The highest BCUT2D eigenvalue weighted by Crippen LogP contribution is 2.35. The molecule has 2 saturated heterocycles. The van der Waals surface area contributed by atoms with Gasteiger partial charge in [-0.05, 0) is 112 Å². The molecular formula is C70H82N8O19. The smallest absolute Gasteiger partial charge is 0.357 e. The summed E-state index contributed by atoms with van der Waals surface area (Å²) < 4.78 is 45.9. The molecule has 0 unspecified atom stereocenters. The molecule has 6 aromatic rings. The molecule has 0 saturated carbocycles. The van der Waals surface area contributed by atoms with Crippen LogP contribution in [0.4, 0.5) is 0 Å². The predicted molar refractivity (Wildman–Crippen MR) is 351 cm³/mol. The van der Waals surface area contributed by atoms with Gasteiger partial charge in [-0.1, -0.05) is 62.4 Å². The first-order valence-corrected chi connectivity index (χ1v) is 31.0. The van der Waals surface area contributed by atoms with Gasteiger partial charge in [-0.2, -0.15) is 9.46 Å². The monoisotopic (exact) mass is 1340 g/mol. The normalized spacial score (nSPS) is 15.9. The van der Waals surface area contributed by atoms with E-state index in [0.29, 0.717) is 42.6 Å². The van der Waals surface area contributed by atoms with Gasteiger partial charge in [0.2, 0.25) is 22.7 Å². The number of hydrazine groups is 2. The number of carbonyl (C=O) groups is 6. The van der Waals surface area contributed by atoms with Crippen LogP contribution in [0.5, 0.6) is 34.5 Å². The minimum atomic E-state index is -1.21. The number of hydrogen-bond acceptors (Lipinski definition) is 21. The van der Waals surface area contributed by atoms with E-state index in [9.17, 15) is 43.5 Å². The van der Waals surface area contributed by atoms with E-state index in [4.69, 9.17) is 53.3 Å². The Hall–Kier alpha value is -10.6. The third-order valence-electron chi connectivity index (χ3n) is 15.1. The van der Waals surface area contributed by atoms with E-state index in [1.807, 2.05) is 72.8 Å². The van der Waals surface area contributed by atoms with Crippen molar-refractivity contribution in [1.29, 1.82) is 0 Å². The lowest BCUT2D eigenvalue weighted by Gasteiger charge is -2.24. The first kappa shape index (κ1) is 72.2. The quantitative estimate of drug-likeness (QED) is 0.0629. The molecule has 2 fully saturated rings. The summed E-state index contributed by atoms with van der Waals surface area (Å²) in [6, 6.07) is 32.3. The minimum Gasteiger partial charge on any atom is -0.497 e. The van der Waals surface area contributed by atoms with Crippen molar-refractivity contribution in [3.8, 4) is 34.5 Å². The maximum absolute atomic E-state index is 13.6. The lowest BCUT2D eigenvalue weighted by molar-refractivity contribution is -0.156. The van der Waals surface area contributed by atoms with Gasteiger partial charge < -0.3 is 63.7 Å². The van der Waals surface area contributed by atoms with Crippen LogP contribution in [0, 0.1) is 11.8 Å². The molecule has 27 heteroatoms. The van der Waals surface area contributed by atoms with Gasteiger partial charge in [0, 0.05) is 31.8 Å². The summed E-state index contributed by atoms with van der Waals surface area (Å²) in [5.74, 6) is -1.34. The fourth-order valence-corrected chi connectivity index (χ4v) is 10.2. The zero-order valence-corrected chi connectivity index (χ0v) is 56.3. The Morgan fingerprint density at radius 1 is 0.515 bits per heavy atom. The van der Waals surface area contributed by atoms with E-state index in [2.05, 4.69) is 5.32 Å². The van der Waals surface area contributed by atoms with Crippen molar-refractivity contribution in [2.45, 2.75) is 106 Å². The number of hydrogen-bond donors (Lipinski definition) is 3. The van der Waals surface area contributed by atoms with Crippen molar-refractivity contribution in [3.05, 3.63) is 198 Å². The second-order valence-corrected chi connectivity index (χ2v) is 24.8. The van der Waals surface area contributed by atoms with Crippen LogP contribution in [0.1, 0.15) is 89.0 Å². The Balaban J connectivity index is 0.000000207. The average Bonchev–Trinajstić information content (AvgIpc) is 1.61. The SMILES string of the molecule is COc1ccc(COc2cn(OCc3ccc(OC)cc3)c(CN)cc2=O)cc1.COc1ccc(COc2cn(OCc3ccc(OC)cc3)c(CNC(=O)C3=C(C(=O)OC(C)(C)C)N4C(=O)[C@@H](C)CN4C3)cc2=O)cc1.C[C@H]1CN2CC(C(=O)O)=C(C(=O)OC(C)(C)C)N2C1=O. The van der Waals surface area contributed by atoms with Gasteiger partial charge in [0.15, 0.2) is 22.9 Å². The van der Waals surface area contributed by atoms with Gasteiger partial charge in [0.1, 0.15) is 60.6 Å². The summed E-state index contributed by atoms with van der Waals surface area (Å²) in [5, 5.41) is 17.6. The molecule has 0 bridgehead atoms. The second kappa shape index (κ2) is 31.7. The molecule has 6 heterocycles. The van der Waals surface area contributed by atoms with Crippen LogP contribution in [-0.2, 0) is 77.8 Å². The van der Waals surface area contributed by atoms with Crippen LogP contribution >= 0.6 is 0 Å². The van der Waals surface area contributed by atoms with Crippen LogP contribution in [0.25, 0.3) is 0 Å². The van der Waals surface area contributed by atoms with Gasteiger partial charge >= 0.3 is 17.9 Å². The Bertz CT molecular complexity index is 4020. The van der Waals surface area contributed by atoms with Crippen molar-refractivity contribution in [2.75, 3.05) is 54.6 Å². The number of ether oxygens (including phenoxy) is 8. The number of pyridine rings is 2. The number of nitrogens with two attached hydrogens (primary N) is 1. The summed E-state index contributed by atoms with van der Waals surface area (Å²) in [5.41, 5.74) is 7.62. The van der Waals surface area contributed by atoms with Gasteiger partial charge in [-0.15, -0.1) is 0 Å². The highest BCUT2D eigenvalue weighted by Gasteiger charge is 2.50. The lowest BCUT2D eigenvalue weighted by Crippen LogP contribution is -2.38. The highest BCUT2D eigenvalue weighted by molar-refractivity contribution is 6.07. The standard InChI is InChI=1S/C35H40N4O9.C22H24N2O5.C13H18N2O5/c1-22-17-37-18-28(31(39(37)33(22)42)34(43)48-35(2,3)4)32(41)36-16-25-15-29(40)30(46-20-23-7-11-26(44-5)12-8-23)19-38(25)47-21-24-9-13-27(45-6)14-10-24;1-26-19-7-3-16(4-8-19)14-28-22-13-24(18(12-23)11-21(22)25)29-15-17-5-9-20(27-2)10-6-17;1-7-5-14-6-8(11(17)18)9(15(14)10(7)16)12(19)20-13(2,3)4/h7-15,19,22H,16-18,20-21H2,1-6H3,(H,36,41);3-11,13H,12,14-15,23H2,1-2H3;7H,5-6H2,1-4H3,(H,17,18)/t22-;;7-/m0.0/s1. The number of amides is 3. The Morgan fingerprint density at radius 2 is 0.856 bits per heavy atom. The molecule has 2 atom stereocenters. The Morgan fingerprint density at radius 3 is 1.21 bits per heavy atom. The third kappa shape index (κ3) is 18.6. The summed E-state index contributed by atoms with van der Waals surface area (Å²) in [6.07, 6.45) is 2.96. The highest BCUT2D eigenvalue weighted by atomic mass is 16.7. The molecule has 4 aromatic carbocycles. The number of carboxylic acids is 1. The molecule has 2 aromatic heterocycles. The van der Waals surface area contributed by atoms with Gasteiger partial charge in [-0.3, -0.25) is 24.0 Å². The number of nitrogens with one attached hydrogen (secondary N) is 1. The second-order valence-electron chi connectivity index (χ2n) is 24.8. The number of rotatable bonds is 23. The number of nitrogens with zero attached hydrogens (tertiary/aromatic N) is 6. The number of benzene rings is 4. The molecular weight excluding hydrogens is 1260 g/mol. The summed E-state index contributed by atoms with van der Waals surface area (Å²) in [4.78, 5) is 113. The summed E-state index contributed by atoms with van der Waals surface area (Å²) in [6.45, 7) is 15.4. The van der Waals surface area contributed by atoms with Crippen LogP contribution in [-0.4, -0.2) is 136 Å². The van der Waals surface area contributed by atoms with Crippen LogP contribution in [0.2, 0.25) is 0 Å². The molecule has 97 heavy (non-hydrogen) atoms. The van der Waals surface area contributed by atoms with Crippen LogP contribution < -0.4 is 60.0 Å². The Kier molecular flexibility index (Phi) is 23.6. The predicted octanol–water partition coefficient (Wildman–Crippen LogP) is 5.90. The van der Waals surface area contributed by atoms with E-state index in [1.54, 1.807) is 118 Å². The molecule has 516 valence electrons. The third-order valence-corrected chi connectivity index (χ3v) is 15.1. The van der Waals surface area contributed by atoms with E-state index < -0.39 is 40.4 Å². The minimum absolute atomic E-state index is 0.0417. The zero-order valence-electron chi connectivity index (χ0n) is 56.3. The van der Waals surface area contributed by atoms with Gasteiger partial charge in [0.25, 0.3) is 5.91 Å². The molecule has 4 aliphatic rings. The molecule has 0 spiro atoms. The molecule has 0 aliphatic carbocycles. The maximum Gasteiger partial charge on any atom is 0.357 e. The van der Waals surface area contributed by atoms with Crippen molar-refractivity contribution in [2.24, 2.45) is 17.6 Å².